The summed E-state index contributed by atoms with van der Waals surface area (Å²) in [6, 6.07) is 11.8. The molecular weight excluding hydrogens is 312 g/mol. The number of rotatable bonds is 5. The molecule has 0 spiro atoms. The van der Waals surface area contributed by atoms with E-state index >= 15 is 0 Å². The standard InChI is InChI=1S/C20H22N4O/c1-4-17(15-8-6-5-7-9-15)24-20(25)18-10-16(12-22-18)19-13(2)11-21-14(3)23-19/h5-12,17,22H,4H2,1-3H3,(H,24,25)/t17-/m1/s1. The minimum absolute atomic E-state index is 0.0107. The van der Waals surface area contributed by atoms with Gasteiger partial charge >= 0.3 is 0 Å². The van der Waals surface area contributed by atoms with Crippen LogP contribution in [0.4, 0.5) is 0 Å². The molecule has 5 heteroatoms. The summed E-state index contributed by atoms with van der Waals surface area (Å²) in [5, 5.41) is 3.09. The normalized spacial score (nSPS) is 12.0. The predicted molar refractivity (Wildman–Crippen MR) is 98.2 cm³/mol. The topological polar surface area (TPSA) is 70.7 Å². The van der Waals surface area contributed by atoms with E-state index in [9.17, 15) is 4.79 Å². The Kier molecular flexibility index (Phi) is 4.93. The molecule has 0 radical (unpaired) electrons. The van der Waals surface area contributed by atoms with Gasteiger partial charge < -0.3 is 10.3 Å². The summed E-state index contributed by atoms with van der Waals surface area (Å²) < 4.78 is 0. The van der Waals surface area contributed by atoms with Crippen molar-refractivity contribution in [2.24, 2.45) is 0 Å². The van der Waals surface area contributed by atoms with E-state index in [1.54, 1.807) is 6.20 Å². The van der Waals surface area contributed by atoms with Crippen LogP contribution in [-0.4, -0.2) is 20.9 Å². The fourth-order valence-electron chi connectivity index (χ4n) is 2.83. The highest BCUT2D eigenvalue weighted by Crippen LogP contribution is 2.22. The zero-order chi connectivity index (χ0) is 17.8. The highest BCUT2D eigenvalue weighted by molar-refractivity contribution is 5.94. The quantitative estimate of drug-likeness (QED) is 0.741. The van der Waals surface area contributed by atoms with Gasteiger partial charge in [0.1, 0.15) is 11.5 Å². The number of aromatic amines is 1. The lowest BCUT2D eigenvalue weighted by atomic mass is 10.0. The third-order valence-electron chi connectivity index (χ3n) is 4.21. The third-order valence-corrected chi connectivity index (χ3v) is 4.21. The van der Waals surface area contributed by atoms with Gasteiger partial charge in [-0.25, -0.2) is 9.97 Å². The van der Waals surface area contributed by atoms with Crippen LogP contribution in [0.25, 0.3) is 11.3 Å². The lowest BCUT2D eigenvalue weighted by Crippen LogP contribution is -2.28. The van der Waals surface area contributed by atoms with Crippen molar-refractivity contribution in [3.8, 4) is 11.3 Å². The van der Waals surface area contributed by atoms with Gasteiger partial charge in [0.2, 0.25) is 0 Å². The maximum atomic E-state index is 12.6. The van der Waals surface area contributed by atoms with Crippen molar-refractivity contribution in [1.82, 2.24) is 20.3 Å². The zero-order valence-corrected chi connectivity index (χ0v) is 14.7. The number of H-pyrrole nitrogens is 1. The Balaban J connectivity index is 1.80. The fourth-order valence-corrected chi connectivity index (χ4v) is 2.83. The Morgan fingerprint density at radius 3 is 2.72 bits per heavy atom. The van der Waals surface area contributed by atoms with Crippen LogP contribution in [0.3, 0.4) is 0 Å². The second kappa shape index (κ2) is 7.30. The van der Waals surface area contributed by atoms with Gasteiger partial charge in [-0.3, -0.25) is 4.79 Å². The molecule has 25 heavy (non-hydrogen) atoms. The van der Waals surface area contributed by atoms with Gasteiger partial charge in [0, 0.05) is 18.0 Å². The summed E-state index contributed by atoms with van der Waals surface area (Å²) in [5.41, 5.74) is 4.35. The summed E-state index contributed by atoms with van der Waals surface area (Å²) in [5.74, 6) is 0.591. The number of hydrogen-bond acceptors (Lipinski definition) is 3. The van der Waals surface area contributed by atoms with Gasteiger partial charge in [0.05, 0.1) is 11.7 Å². The second-order valence-electron chi connectivity index (χ2n) is 6.10. The Morgan fingerprint density at radius 2 is 2.00 bits per heavy atom. The van der Waals surface area contributed by atoms with Crippen molar-refractivity contribution in [3.05, 3.63) is 71.4 Å². The maximum absolute atomic E-state index is 12.6. The van der Waals surface area contributed by atoms with Crippen LogP contribution in [0.2, 0.25) is 0 Å². The summed E-state index contributed by atoms with van der Waals surface area (Å²) >= 11 is 0. The number of aromatic nitrogens is 3. The van der Waals surface area contributed by atoms with Crippen LogP contribution in [0.1, 0.15) is 46.8 Å². The van der Waals surface area contributed by atoms with E-state index in [1.165, 1.54) is 0 Å². The SMILES string of the molecule is CC[C@@H](NC(=O)c1cc(-c2nc(C)ncc2C)c[nH]1)c1ccccc1. The predicted octanol–water partition coefficient (Wildman–Crippen LogP) is 3.97. The first-order valence-electron chi connectivity index (χ1n) is 8.43. The van der Waals surface area contributed by atoms with E-state index in [0.717, 1.165) is 28.8 Å². The molecule has 2 heterocycles. The lowest BCUT2D eigenvalue weighted by molar-refractivity contribution is 0.0931. The van der Waals surface area contributed by atoms with E-state index in [1.807, 2.05) is 56.4 Å². The first-order valence-corrected chi connectivity index (χ1v) is 8.43. The van der Waals surface area contributed by atoms with E-state index < -0.39 is 0 Å². The number of carbonyl (C=O) groups is 1. The Hall–Kier alpha value is -2.95. The first kappa shape index (κ1) is 16.9. The zero-order valence-electron chi connectivity index (χ0n) is 14.7. The van der Waals surface area contributed by atoms with Crippen molar-refractivity contribution < 1.29 is 4.79 Å². The highest BCUT2D eigenvalue weighted by Gasteiger charge is 2.16. The number of aryl methyl sites for hydroxylation is 2. The minimum Gasteiger partial charge on any atom is -0.357 e. The van der Waals surface area contributed by atoms with E-state index in [-0.39, 0.29) is 11.9 Å². The molecule has 0 aliphatic carbocycles. The van der Waals surface area contributed by atoms with Gasteiger partial charge in [0.15, 0.2) is 0 Å². The van der Waals surface area contributed by atoms with Gasteiger partial charge in [-0.15, -0.1) is 0 Å². The molecular formula is C20H22N4O. The first-order chi connectivity index (χ1) is 12.1. The van der Waals surface area contributed by atoms with Crippen molar-refractivity contribution in [3.63, 3.8) is 0 Å². The smallest absolute Gasteiger partial charge is 0.268 e. The second-order valence-corrected chi connectivity index (χ2v) is 6.10. The maximum Gasteiger partial charge on any atom is 0.268 e. The van der Waals surface area contributed by atoms with Gasteiger partial charge in [0.25, 0.3) is 5.91 Å². The molecule has 0 aliphatic rings. The van der Waals surface area contributed by atoms with Gasteiger partial charge in [-0.1, -0.05) is 37.3 Å². The molecule has 0 saturated heterocycles. The number of hydrogen-bond donors (Lipinski definition) is 2. The summed E-state index contributed by atoms with van der Waals surface area (Å²) in [6.45, 7) is 5.88. The number of nitrogens with one attached hydrogen (secondary N) is 2. The Morgan fingerprint density at radius 1 is 1.24 bits per heavy atom. The Labute approximate surface area is 147 Å². The molecule has 0 fully saturated rings. The van der Waals surface area contributed by atoms with Crippen LogP contribution >= 0.6 is 0 Å². The highest BCUT2D eigenvalue weighted by atomic mass is 16.1. The molecule has 3 aromatic rings. The van der Waals surface area contributed by atoms with Gasteiger partial charge in [-0.05, 0) is 37.5 Å². The van der Waals surface area contributed by atoms with Crippen LogP contribution < -0.4 is 5.32 Å². The molecule has 2 N–H and O–H groups in total. The fraction of sp³-hybridized carbons (Fsp3) is 0.250. The molecule has 2 aromatic heterocycles. The average Bonchev–Trinajstić information content (AvgIpc) is 3.12. The number of amides is 1. The molecule has 0 unspecified atom stereocenters. The minimum atomic E-state index is -0.120. The van der Waals surface area contributed by atoms with Gasteiger partial charge in [-0.2, -0.15) is 0 Å². The average molecular weight is 334 g/mol. The molecule has 1 aromatic carbocycles. The summed E-state index contributed by atoms with van der Waals surface area (Å²) in [6.07, 6.45) is 4.44. The largest absolute Gasteiger partial charge is 0.357 e. The third kappa shape index (κ3) is 3.76. The van der Waals surface area contributed by atoms with Crippen LogP contribution in [-0.2, 0) is 0 Å². The molecule has 3 rings (SSSR count). The molecule has 128 valence electrons. The molecule has 1 amide bonds. The van der Waals surface area contributed by atoms with E-state index in [2.05, 4.69) is 27.2 Å². The van der Waals surface area contributed by atoms with E-state index in [0.29, 0.717) is 11.5 Å². The lowest BCUT2D eigenvalue weighted by Gasteiger charge is -2.16. The summed E-state index contributed by atoms with van der Waals surface area (Å²) in [7, 11) is 0. The number of benzene rings is 1. The van der Waals surface area contributed by atoms with Crippen LogP contribution in [0.15, 0.2) is 48.8 Å². The van der Waals surface area contributed by atoms with E-state index in [4.69, 9.17) is 0 Å². The Bertz CT molecular complexity index is 870. The monoisotopic (exact) mass is 334 g/mol. The van der Waals surface area contributed by atoms with Crippen molar-refractivity contribution in [1.29, 1.82) is 0 Å². The molecule has 5 nitrogen and oxygen atoms in total. The van der Waals surface area contributed by atoms with Crippen molar-refractivity contribution in [2.45, 2.75) is 33.2 Å². The molecule has 0 aliphatic heterocycles. The molecule has 0 bridgehead atoms. The van der Waals surface area contributed by atoms with Crippen LogP contribution in [0.5, 0.6) is 0 Å². The van der Waals surface area contributed by atoms with Crippen molar-refractivity contribution >= 4 is 5.91 Å². The molecule has 0 saturated carbocycles. The van der Waals surface area contributed by atoms with Crippen molar-refractivity contribution in [2.75, 3.05) is 0 Å². The van der Waals surface area contributed by atoms with Crippen LogP contribution in [0, 0.1) is 13.8 Å². The molecule has 1 atom stereocenters. The summed E-state index contributed by atoms with van der Waals surface area (Å²) in [4.78, 5) is 24.3. The number of nitrogens with zero attached hydrogens (tertiary/aromatic N) is 2. The number of carbonyl (C=O) groups excluding carboxylic acids is 1.